The molecular weight excluding hydrogens is 412 g/mol. The molecule has 0 atom stereocenters. The first-order chi connectivity index (χ1) is 15.5. The molecule has 1 aromatic heterocycles. The van der Waals surface area contributed by atoms with Gasteiger partial charge >= 0.3 is 5.97 Å². The van der Waals surface area contributed by atoms with Crippen LogP contribution in [0.3, 0.4) is 0 Å². The van der Waals surface area contributed by atoms with Gasteiger partial charge in [0.25, 0.3) is 5.89 Å². The second-order valence-corrected chi connectivity index (χ2v) is 7.20. The summed E-state index contributed by atoms with van der Waals surface area (Å²) in [4.78, 5) is 30.0. The van der Waals surface area contributed by atoms with Crippen molar-refractivity contribution in [2.45, 2.75) is 19.3 Å². The number of hydrogen-bond donors (Lipinski definition) is 0. The lowest BCUT2D eigenvalue weighted by Gasteiger charge is -2.17. The SMILES string of the molecule is COC(=O)CCC(=O)N1CCc2cc(-c3noc(-c4cc(C#N)cc(OC)c4)n3)ccc21. The predicted molar refractivity (Wildman–Crippen MR) is 114 cm³/mol. The quantitative estimate of drug-likeness (QED) is 0.545. The van der Waals surface area contributed by atoms with E-state index in [2.05, 4.69) is 20.9 Å². The predicted octanol–water partition coefficient (Wildman–Crippen LogP) is 3.13. The standard InChI is InChI=1S/C23H20N4O5/c1-30-18-10-14(13-24)9-17(12-18)23-25-22(26-32-23)16-3-4-19-15(11-16)7-8-27(19)20(28)5-6-21(29)31-2/h3-4,9-12H,5-8H2,1-2H3. The van der Waals surface area contributed by atoms with Crippen LogP contribution in [0.25, 0.3) is 22.8 Å². The van der Waals surface area contributed by atoms with Gasteiger partial charge in [-0.1, -0.05) is 5.16 Å². The largest absolute Gasteiger partial charge is 0.497 e. The second kappa shape index (κ2) is 8.89. The summed E-state index contributed by atoms with van der Waals surface area (Å²) in [6.45, 7) is 0.553. The maximum atomic E-state index is 12.5. The molecule has 162 valence electrons. The van der Waals surface area contributed by atoms with E-state index in [1.165, 1.54) is 14.2 Å². The Kier molecular flexibility index (Phi) is 5.85. The van der Waals surface area contributed by atoms with Crippen molar-refractivity contribution in [3.8, 4) is 34.7 Å². The van der Waals surface area contributed by atoms with Gasteiger partial charge in [0.05, 0.1) is 32.3 Å². The minimum atomic E-state index is -0.404. The summed E-state index contributed by atoms with van der Waals surface area (Å²) in [6, 6.07) is 12.7. The zero-order chi connectivity index (χ0) is 22.7. The number of esters is 1. The van der Waals surface area contributed by atoms with Crippen LogP contribution in [0.15, 0.2) is 40.9 Å². The topological polar surface area (TPSA) is 119 Å². The van der Waals surface area contributed by atoms with Gasteiger partial charge < -0.3 is 18.9 Å². The third-order valence-electron chi connectivity index (χ3n) is 5.25. The summed E-state index contributed by atoms with van der Waals surface area (Å²) in [5.41, 5.74) is 3.58. The molecular formula is C23H20N4O5. The van der Waals surface area contributed by atoms with Crippen LogP contribution in [0.1, 0.15) is 24.0 Å². The molecule has 0 radical (unpaired) electrons. The molecule has 0 N–H and O–H groups in total. The van der Waals surface area contributed by atoms with E-state index in [1.54, 1.807) is 23.1 Å². The first-order valence-corrected chi connectivity index (χ1v) is 9.96. The number of fused-ring (bicyclic) bond motifs is 1. The Morgan fingerprint density at radius 3 is 2.75 bits per heavy atom. The number of ether oxygens (including phenoxy) is 2. The van der Waals surface area contributed by atoms with Gasteiger partial charge in [-0.05, 0) is 48.4 Å². The van der Waals surface area contributed by atoms with Gasteiger partial charge in [-0.2, -0.15) is 10.2 Å². The molecule has 3 aromatic rings. The number of amides is 1. The van der Waals surface area contributed by atoms with Gasteiger partial charge in [0, 0.05) is 29.8 Å². The first kappa shape index (κ1) is 21.1. The molecule has 1 aliphatic heterocycles. The lowest BCUT2D eigenvalue weighted by atomic mass is 10.1. The number of carbonyl (C=O) groups is 2. The summed E-state index contributed by atoms with van der Waals surface area (Å²) in [5, 5.41) is 13.3. The van der Waals surface area contributed by atoms with Crippen molar-refractivity contribution < 1.29 is 23.6 Å². The average Bonchev–Trinajstić information content (AvgIpc) is 3.49. The van der Waals surface area contributed by atoms with E-state index in [0.717, 1.165) is 16.8 Å². The highest BCUT2D eigenvalue weighted by atomic mass is 16.5. The average molecular weight is 432 g/mol. The number of methoxy groups -OCH3 is 2. The third kappa shape index (κ3) is 4.16. The number of aromatic nitrogens is 2. The third-order valence-corrected chi connectivity index (χ3v) is 5.25. The zero-order valence-corrected chi connectivity index (χ0v) is 17.6. The second-order valence-electron chi connectivity index (χ2n) is 7.20. The molecule has 4 rings (SSSR count). The van der Waals surface area contributed by atoms with Crippen LogP contribution in [0.2, 0.25) is 0 Å². The summed E-state index contributed by atoms with van der Waals surface area (Å²) in [6.07, 6.45) is 0.856. The van der Waals surface area contributed by atoms with E-state index in [0.29, 0.717) is 35.7 Å². The number of carbonyl (C=O) groups excluding carboxylic acids is 2. The van der Waals surface area contributed by atoms with Crippen molar-refractivity contribution in [3.05, 3.63) is 47.5 Å². The zero-order valence-electron chi connectivity index (χ0n) is 17.6. The van der Waals surface area contributed by atoms with Gasteiger partial charge in [-0.3, -0.25) is 9.59 Å². The van der Waals surface area contributed by atoms with Crippen molar-refractivity contribution in [2.24, 2.45) is 0 Å². The number of nitrogens with zero attached hydrogens (tertiary/aromatic N) is 4. The molecule has 0 saturated heterocycles. The molecule has 9 nitrogen and oxygen atoms in total. The number of anilines is 1. The summed E-state index contributed by atoms with van der Waals surface area (Å²) in [5.74, 6) is 0.678. The van der Waals surface area contributed by atoms with Crippen molar-refractivity contribution in [1.82, 2.24) is 10.1 Å². The monoisotopic (exact) mass is 432 g/mol. The summed E-state index contributed by atoms with van der Waals surface area (Å²) >= 11 is 0. The van der Waals surface area contributed by atoms with Gasteiger partial charge in [0.15, 0.2) is 0 Å². The molecule has 9 heteroatoms. The molecule has 0 spiro atoms. The van der Waals surface area contributed by atoms with E-state index in [1.807, 2.05) is 18.2 Å². The van der Waals surface area contributed by atoms with Crippen molar-refractivity contribution in [3.63, 3.8) is 0 Å². The van der Waals surface area contributed by atoms with Crippen LogP contribution in [0, 0.1) is 11.3 Å². The van der Waals surface area contributed by atoms with Crippen LogP contribution in [-0.4, -0.2) is 42.8 Å². The minimum Gasteiger partial charge on any atom is -0.497 e. The van der Waals surface area contributed by atoms with Crippen molar-refractivity contribution in [1.29, 1.82) is 5.26 Å². The van der Waals surface area contributed by atoms with E-state index < -0.39 is 5.97 Å². The molecule has 2 aromatic carbocycles. The Labute approximate surface area is 184 Å². The number of nitriles is 1. The van der Waals surface area contributed by atoms with E-state index in [9.17, 15) is 14.9 Å². The maximum absolute atomic E-state index is 12.5. The van der Waals surface area contributed by atoms with Crippen LogP contribution in [0.4, 0.5) is 5.69 Å². The molecule has 0 aliphatic carbocycles. The Bertz CT molecular complexity index is 1230. The van der Waals surface area contributed by atoms with E-state index >= 15 is 0 Å². The Hall–Kier alpha value is -4.19. The Morgan fingerprint density at radius 2 is 2.00 bits per heavy atom. The highest BCUT2D eigenvalue weighted by Gasteiger charge is 2.26. The summed E-state index contributed by atoms with van der Waals surface area (Å²) < 4.78 is 15.2. The van der Waals surface area contributed by atoms with Crippen LogP contribution >= 0.6 is 0 Å². The van der Waals surface area contributed by atoms with Crippen LogP contribution in [-0.2, 0) is 20.7 Å². The fraction of sp³-hybridized carbons (Fsp3) is 0.261. The van der Waals surface area contributed by atoms with Crippen LogP contribution < -0.4 is 9.64 Å². The molecule has 1 amide bonds. The number of rotatable bonds is 6. The maximum Gasteiger partial charge on any atom is 0.306 e. The number of benzene rings is 2. The molecule has 0 unspecified atom stereocenters. The normalized spacial score (nSPS) is 12.2. The molecule has 2 heterocycles. The number of hydrogen-bond acceptors (Lipinski definition) is 8. The smallest absolute Gasteiger partial charge is 0.306 e. The fourth-order valence-electron chi connectivity index (χ4n) is 3.61. The lowest BCUT2D eigenvalue weighted by molar-refractivity contribution is -0.141. The molecule has 1 aliphatic rings. The lowest BCUT2D eigenvalue weighted by Crippen LogP contribution is -2.29. The highest BCUT2D eigenvalue weighted by Crippen LogP contribution is 2.33. The first-order valence-electron chi connectivity index (χ1n) is 9.96. The van der Waals surface area contributed by atoms with Crippen molar-refractivity contribution in [2.75, 3.05) is 25.7 Å². The molecule has 0 bridgehead atoms. The van der Waals surface area contributed by atoms with Gasteiger partial charge in [0.2, 0.25) is 11.7 Å². The Morgan fingerprint density at radius 1 is 1.16 bits per heavy atom. The van der Waals surface area contributed by atoms with E-state index in [-0.39, 0.29) is 24.6 Å². The molecule has 32 heavy (non-hydrogen) atoms. The van der Waals surface area contributed by atoms with E-state index in [4.69, 9.17) is 9.26 Å². The van der Waals surface area contributed by atoms with Gasteiger partial charge in [-0.25, -0.2) is 0 Å². The van der Waals surface area contributed by atoms with Crippen molar-refractivity contribution >= 4 is 17.6 Å². The highest BCUT2D eigenvalue weighted by molar-refractivity contribution is 5.97. The summed E-state index contributed by atoms with van der Waals surface area (Å²) in [7, 11) is 2.83. The minimum absolute atomic E-state index is 0.0582. The van der Waals surface area contributed by atoms with Gasteiger partial charge in [-0.15, -0.1) is 0 Å². The fourth-order valence-corrected chi connectivity index (χ4v) is 3.61. The van der Waals surface area contributed by atoms with Crippen LogP contribution in [0.5, 0.6) is 5.75 Å². The van der Waals surface area contributed by atoms with Gasteiger partial charge in [0.1, 0.15) is 5.75 Å². The Balaban J connectivity index is 1.55. The molecule has 0 saturated carbocycles. The molecule has 0 fully saturated rings.